The molecule has 0 spiro atoms. The number of hydrogen-bond donors (Lipinski definition) is 2. The quantitative estimate of drug-likeness (QED) is 0.582. The standard InChI is InChI=1S/C5H9NO2S/c7-5(8)3-4-6-1-2-9-4/h4,6H,1-3H2,(H,7,8)/t4-/m1/s1. The lowest BCUT2D eigenvalue weighted by Crippen LogP contribution is -2.22. The van der Waals surface area contributed by atoms with Crippen LogP contribution in [-0.2, 0) is 4.79 Å². The average Bonchev–Trinajstić information content (AvgIpc) is 2.15. The Morgan fingerprint density at radius 3 is 3.11 bits per heavy atom. The van der Waals surface area contributed by atoms with Crippen LogP contribution in [-0.4, -0.2) is 28.7 Å². The Labute approximate surface area is 57.8 Å². The van der Waals surface area contributed by atoms with Crippen molar-refractivity contribution in [2.75, 3.05) is 12.3 Å². The summed E-state index contributed by atoms with van der Waals surface area (Å²) in [6.07, 6.45) is 0.241. The molecule has 1 saturated heterocycles. The second kappa shape index (κ2) is 3.08. The molecule has 1 atom stereocenters. The molecule has 0 aromatic rings. The maximum Gasteiger partial charge on any atom is 0.305 e. The molecule has 0 unspecified atom stereocenters. The molecule has 0 radical (unpaired) electrons. The van der Waals surface area contributed by atoms with Gasteiger partial charge in [0.05, 0.1) is 11.8 Å². The third-order valence-corrected chi connectivity index (χ3v) is 2.33. The molecule has 0 aromatic carbocycles. The fourth-order valence-corrected chi connectivity index (χ4v) is 1.79. The van der Waals surface area contributed by atoms with Crippen molar-refractivity contribution in [3.8, 4) is 0 Å². The van der Waals surface area contributed by atoms with Crippen LogP contribution in [0.25, 0.3) is 0 Å². The van der Waals surface area contributed by atoms with Gasteiger partial charge < -0.3 is 10.4 Å². The summed E-state index contributed by atoms with van der Waals surface area (Å²) in [5.74, 6) is 0.319. The van der Waals surface area contributed by atoms with Gasteiger partial charge >= 0.3 is 5.97 Å². The first-order valence-electron chi connectivity index (χ1n) is 2.86. The van der Waals surface area contributed by atoms with Gasteiger partial charge in [0.1, 0.15) is 0 Å². The minimum absolute atomic E-state index is 0.155. The van der Waals surface area contributed by atoms with Crippen LogP contribution in [0.15, 0.2) is 0 Å². The second-order valence-electron chi connectivity index (χ2n) is 1.91. The Hall–Kier alpha value is -0.220. The predicted octanol–water partition coefficient (Wildman–Crippen LogP) is 0.124. The molecular weight excluding hydrogens is 138 g/mol. The van der Waals surface area contributed by atoms with Crippen molar-refractivity contribution in [1.82, 2.24) is 5.32 Å². The molecule has 3 nitrogen and oxygen atoms in total. The average molecular weight is 147 g/mol. The van der Waals surface area contributed by atoms with Gasteiger partial charge in [-0.15, -0.1) is 11.8 Å². The molecule has 0 saturated carbocycles. The molecule has 0 bridgehead atoms. The summed E-state index contributed by atoms with van der Waals surface area (Å²) in [5, 5.41) is 11.5. The summed E-state index contributed by atoms with van der Waals surface area (Å²) in [4.78, 5) is 10.1. The number of thioether (sulfide) groups is 1. The van der Waals surface area contributed by atoms with E-state index >= 15 is 0 Å². The maximum atomic E-state index is 10.1. The van der Waals surface area contributed by atoms with Crippen LogP contribution in [0.1, 0.15) is 6.42 Å². The minimum Gasteiger partial charge on any atom is -0.481 e. The van der Waals surface area contributed by atoms with E-state index in [0.717, 1.165) is 12.3 Å². The molecule has 4 heteroatoms. The van der Waals surface area contributed by atoms with Gasteiger partial charge in [0, 0.05) is 12.3 Å². The highest BCUT2D eigenvalue weighted by Gasteiger charge is 2.16. The smallest absolute Gasteiger partial charge is 0.305 e. The Bertz CT molecular complexity index is 112. The van der Waals surface area contributed by atoms with Crippen LogP contribution in [0.3, 0.4) is 0 Å². The van der Waals surface area contributed by atoms with Crippen molar-refractivity contribution in [2.24, 2.45) is 0 Å². The van der Waals surface area contributed by atoms with Gasteiger partial charge in [-0.3, -0.25) is 4.79 Å². The Balaban J connectivity index is 2.19. The highest BCUT2D eigenvalue weighted by Crippen LogP contribution is 2.16. The van der Waals surface area contributed by atoms with E-state index in [1.165, 1.54) is 0 Å². The molecule has 9 heavy (non-hydrogen) atoms. The van der Waals surface area contributed by atoms with Gasteiger partial charge in [0.25, 0.3) is 0 Å². The minimum atomic E-state index is -0.720. The Morgan fingerprint density at radius 2 is 2.67 bits per heavy atom. The monoisotopic (exact) mass is 147 g/mol. The van der Waals surface area contributed by atoms with Gasteiger partial charge in [0.15, 0.2) is 0 Å². The van der Waals surface area contributed by atoms with Crippen LogP contribution in [0.2, 0.25) is 0 Å². The predicted molar refractivity (Wildman–Crippen MR) is 36.5 cm³/mol. The third kappa shape index (κ3) is 2.24. The van der Waals surface area contributed by atoms with Gasteiger partial charge in [-0.2, -0.15) is 0 Å². The molecule has 1 rings (SSSR count). The summed E-state index contributed by atoms with van der Waals surface area (Å²) < 4.78 is 0. The lowest BCUT2D eigenvalue weighted by molar-refractivity contribution is -0.137. The van der Waals surface area contributed by atoms with Crippen molar-refractivity contribution in [2.45, 2.75) is 11.8 Å². The number of carboxylic acids is 1. The first-order chi connectivity index (χ1) is 4.29. The number of carboxylic acid groups (broad SMARTS) is 1. The Morgan fingerprint density at radius 1 is 1.89 bits per heavy atom. The molecule has 52 valence electrons. The van der Waals surface area contributed by atoms with E-state index in [9.17, 15) is 4.79 Å². The molecule has 0 aromatic heterocycles. The van der Waals surface area contributed by atoms with E-state index in [1.807, 2.05) is 0 Å². The molecule has 2 N–H and O–H groups in total. The lowest BCUT2D eigenvalue weighted by Gasteiger charge is -2.02. The maximum absolute atomic E-state index is 10.1. The fourth-order valence-electron chi connectivity index (χ4n) is 0.770. The molecule has 1 fully saturated rings. The highest BCUT2D eigenvalue weighted by molar-refractivity contribution is 8.00. The normalized spacial score (nSPS) is 26.4. The summed E-state index contributed by atoms with van der Waals surface area (Å²) in [5.41, 5.74) is 0. The van der Waals surface area contributed by atoms with Crippen molar-refractivity contribution in [3.63, 3.8) is 0 Å². The summed E-state index contributed by atoms with van der Waals surface area (Å²) in [6.45, 7) is 0.947. The van der Waals surface area contributed by atoms with E-state index in [4.69, 9.17) is 5.11 Å². The van der Waals surface area contributed by atoms with Crippen LogP contribution < -0.4 is 5.32 Å². The van der Waals surface area contributed by atoms with Crippen molar-refractivity contribution in [3.05, 3.63) is 0 Å². The second-order valence-corrected chi connectivity index (χ2v) is 3.22. The summed E-state index contributed by atoms with van der Waals surface area (Å²) >= 11 is 1.68. The van der Waals surface area contributed by atoms with Gasteiger partial charge in [0.2, 0.25) is 0 Å². The van der Waals surface area contributed by atoms with Crippen molar-refractivity contribution < 1.29 is 9.90 Å². The van der Waals surface area contributed by atoms with Crippen molar-refractivity contribution in [1.29, 1.82) is 0 Å². The zero-order valence-corrected chi connectivity index (χ0v) is 5.78. The number of nitrogens with one attached hydrogen (secondary N) is 1. The number of hydrogen-bond acceptors (Lipinski definition) is 3. The van der Waals surface area contributed by atoms with Crippen molar-refractivity contribution >= 4 is 17.7 Å². The molecule has 1 aliphatic heterocycles. The number of carbonyl (C=O) groups is 1. The van der Waals surface area contributed by atoms with Crippen LogP contribution in [0.4, 0.5) is 0 Å². The van der Waals surface area contributed by atoms with E-state index in [2.05, 4.69) is 5.32 Å². The summed E-state index contributed by atoms with van der Waals surface area (Å²) in [6, 6.07) is 0. The van der Waals surface area contributed by atoms with E-state index in [-0.39, 0.29) is 11.8 Å². The third-order valence-electron chi connectivity index (χ3n) is 1.15. The fraction of sp³-hybridized carbons (Fsp3) is 0.800. The lowest BCUT2D eigenvalue weighted by atomic mass is 10.4. The van der Waals surface area contributed by atoms with Gasteiger partial charge in [-0.05, 0) is 0 Å². The number of rotatable bonds is 2. The molecule has 0 amide bonds. The summed E-state index contributed by atoms with van der Waals surface area (Å²) in [7, 11) is 0. The van der Waals surface area contributed by atoms with E-state index in [0.29, 0.717) is 0 Å². The SMILES string of the molecule is O=C(O)C[C@@H]1NCCS1. The van der Waals surface area contributed by atoms with Gasteiger partial charge in [-0.25, -0.2) is 0 Å². The largest absolute Gasteiger partial charge is 0.481 e. The zero-order valence-electron chi connectivity index (χ0n) is 4.96. The Kier molecular flexibility index (Phi) is 2.36. The molecule has 0 aliphatic carbocycles. The topological polar surface area (TPSA) is 49.3 Å². The first-order valence-corrected chi connectivity index (χ1v) is 3.90. The van der Waals surface area contributed by atoms with Gasteiger partial charge in [-0.1, -0.05) is 0 Å². The number of aliphatic carboxylic acids is 1. The van der Waals surface area contributed by atoms with Crippen LogP contribution >= 0.6 is 11.8 Å². The molecule has 1 aliphatic rings. The van der Waals surface area contributed by atoms with E-state index in [1.54, 1.807) is 11.8 Å². The molecule has 1 heterocycles. The van der Waals surface area contributed by atoms with E-state index < -0.39 is 5.97 Å². The van der Waals surface area contributed by atoms with Crippen LogP contribution in [0, 0.1) is 0 Å². The van der Waals surface area contributed by atoms with Crippen LogP contribution in [0.5, 0.6) is 0 Å². The highest BCUT2D eigenvalue weighted by atomic mass is 32.2. The first kappa shape index (κ1) is 6.89. The zero-order chi connectivity index (χ0) is 6.69. The molecular formula is C5H9NO2S.